The van der Waals surface area contributed by atoms with Gasteiger partial charge in [0, 0.05) is 16.1 Å². The van der Waals surface area contributed by atoms with Crippen LogP contribution < -0.4 is 5.32 Å². The van der Waals surface area contributed by atoms with Crippen molar-refractivity contribution in [3.8, 4) is 10.6 Å². The minimum atomic E-state index is -0.660. The quantitative estimate of drug-likeness (QED) is 0.662. The Kier molecular flexibility index (Phi) is 5.70. The highest BCUT2D eigenvalue weighted by Gasteiger charge is 2.13. The summed E-state index contributed by atoms with van der Waals surface area (Å²) in [6.45, 7) is 3.99. The second-order valence-electron chi connectivity index (χ2n) is 4.94. The van der Waals surface area contributed by atoms with E-state index in [0.717, 1.165) is 27.2 Å². The Hall–Kier alpha value is -2.67. The summed E-state index contributed by atoms with van der Waals surface area (Å²) in [6.07, 6.45) is 1.05. The van der Waals surface area contributed by atoms with Gasteiger partial charge in [0.1, 0.15) is 10.7 Å². The second kappa shape index (κ2) is 7.74. The fourth-order valence-electron chi connectivity index (χ4n) is 1.91. The van der Waals surface area contributed by atoms with Gasteiger partial charge in [0.15, 0.2) is 0 Å². The van der Waals surface area contributed by atoms with Gasteiger partial charge in [-0.1, -0.05) is 12.1 Å². The molecular formula is C17H18N2O4S. The van der Waals surface area contributed by atoms with E-state index < -0.39 is 11.9 Å². The zero-order valence-electron chi connectivity index (χ0n) is 13.9. The molecule has 0 amide bonds. The molecule has 0 atom stereocenters. The molecule has 2 rings (SSSR count). The fourth-order valence-corrected chi connectivity index (χ4v) is 2.83. The number of rotatable bonds is 5. The van der Waals surface area contributed by atoms with Gasteiger partial charge < -0.3 is 14.8 Å². The van der Waals surface area contributed by atoms with Crippen LogP contribution in [-0.2, 0) is 19.1 Å². The van der Waals surface area contributed by atoms with E-state index in [1.807, 2.05) is 32.0 Å². The zero-order chi connectivity index (χ0) is 17.7. The van der Waals surface area contributed by atoms with Crippen LogP contribution in [0.5, 0.6) is 0 Å². The summed E-state index contributed by atoms with van der Waals surface area (Å²) in [4.78, 5) is 28.9. The molecule has 0 spiro atoms. The summed E-state index contributed by atoms with van der Waals surface area (Å²) in [6, 6.07) is 7.41. The van der Waals surface area contributed by atoms with Crippen molar-refractivity contribution < 1.29 is 19.1 Å². The van der Waals surface area contributed by atoms with E-state index in [-0.39, 0.29) is 5.70 Å². The van der Waals surface area contributed by atoms with Gasteiger partial charge in [-0.3, -0.25) is 0 Å². The maximum Gasteiger partial charge on any atom is 0.354 e. The number of ether oxygens (including phenoxy) is 2. The van der Waals surface area contributed by atoms with E-state index in [1.165, 1.54) is 14.2 Å². The van der Waals surface area contributed by atoms with Gasteiger partial charge in [-0.05, 0) is 26.0 Å². The lowest BCUT2D eigenvalue weighted by Gasteiger charge is -2.09. The van der Waals surface area contributed by atoms with Crippen molar-refractivity contribution in [2.45, 2.75) is 13.8 Å². The molecule has 0 radical (unpaired) electrons. The molecule has 24 heavy (non-hydrogen) atoms. The lowest BCUT2D eigenvalue weighted by molar-refractivity contribution is -0.138. The van der Waals surface area contributed by atoms with E-state index in [1.54, 1.807) is 17.4 Å². The number of thiazole rings is 1. The van der Waals surface area contributed by atoms with Crippen molar-refractivity contribution in [1.82, 2.24) is 4.98 Å². The number of nitrogens with zero attached hydrogens (tertiary/aromatic N) is 1. The first-order valence-corrected chi connectivity index (χ1v) is 7.95. The van der Waals surface area contributed by atoms with Crippen molar-refractivity contribution in [1.29, 1.82) is 0 Å². The van der Waals surface area contributed by atoms with Crippen molar-refractivity contribution in [3.63, 3.8) is 0 Å². The fraction of sp³-hybridized carbons (Fsp3) is 0.235. The molecule has 0 aliphatic rings. The predicted molar refractivity (Wildman–Crippen MR) is 92.8 cm³/mol. The molecular weight excluding hydrogens is 328 g/mol. The van der Waals surface area contributed by atoms with E-state index >= 15 is 0 Å². The summed E-state index contributed by atoms with van der Waals surface area (Å²) in [7, 11) is 2.48. The molecule has 1 heterocycles. The highest BCUT2D eigenvalue weighted by molar-refractivity contribution is 7.15. The molecule has 0 aliphatic heterocycles. The first-order valence-electron chi connectivity index (χ1n) is 7.14. The van der Waals surface area contributed by atoms with Gasteiger partial charge in [-0.25, -0.2) is 14.6 Å². The number of methoxy groups -OCH3 is 2. The van der Waals surface area contributed by atoms with Crippen LogP contribution in [0.3, 0.4) is 0 Å². The Morgan fingerprint density at radius 2 is 1.96 bits per heavy atom. The maximum absolute atomic E-state index is 11.8. The third kappa shape index (κ3) is 4.20. The van der Waals surface area contributed by atoms with Crippen LogP contribution in [0, 0.1) is 13.8 Å². The third-order valence-electron chi connectivity index (χ3n) is 3.29. The molecule has 0 bridgehead atoms. The molecule has 2 aromatic rings. The highest BCUT2D eigenvalue weighted by Crippen LogP contribution is 2.29. The Balaban J connectivity index is 2.31. The van der Waals surface area contributed by atoms with Crippen molar-refractivity contribution in [2.24, 2.45) is 0 Å². The second-order valence-corrected chi connectivity index (χ2v) is 6.14. The van der Waals surface area contributed by atoms with Crippen LogP contribution in [0.2, 0.25) is 0 Å². The smallest absolute Gasteiger partial charge is 0.354 e. The van der Waals surface area contributed by atoms with Crippen molar-refractivity contribution >= 4 is 29.0 Å². The molecule has 0 fully saturated rings. The van der Waals surface area contributed by atoms with Crippen molar-refractivity contribution in [2.75, 3.05) is 19.5 Å². The van der Waals surface area contributed by atoms with Crippen LogP contribution in [0.4, 0.5) is 5.69 Å². The Morgan fingerprint density at radius 1 is 1.21 bits per heavy atom. The minimum Gasteiger partial charge on any atom is -0.466 e. The average molecular weight is 346 g/mol. The number of anilines is 1. The molecule has 0 saturated heterocycles. The van der Waals surface area contributed by atoms with Gasteiger partial charge in [0.2, 0.25) is 0 Å². The number of aromatic nitrogens is 1. The van der Waals surface area contributed by atoms with Gasteiger partial charge in [0.05, 0.1) is 26.0 Å². The molecule has 0 saturated carbocycles. The molecule has 1 aromatic carbocycles. The van der Waals surface area contributed by atoms with Gasteiger partial charge in [-0.2, -0.15) is 0 Å². The Morgan fingerprint density at radius 3 is 2.54 bits per heavy atom. The lowest BCUT2D eigenvalue weighted by Crippen LogP contribution is -2.15. The summed E-state index contributed by atoms with van der Waals surface area (Å²) in [5.74, 6) is -1.31. The lowest BCUT2D eigenvalue weighted by atomic mass is 10.2. The average Bonchev–Trinajstić information content (AvgIpc) is 2.92. The first-order chi connectivity index (χ1) is 11.4. The molecule has 126 valence electrons. The number of benzene rings is 1. The topological polar surface area (TPSA) is 77.5 Å². The monoisotopic (exact) mass is 346 g/mol. The number of aryl methyl sites for hydroxylation is 2. The maximum atomic E-state index is 11.8. The molecule has 1 N–H and O–H groups in total. The first kappa shape index (κ1) is 17.7. The summed E-state index contributed by atoms with van der Waals surface area (Å²) in [5.41, 5.74) is 2.55. The molecule has 6 nitrogen and oxygen atoms in total. The largest absolute Gasteiger partial charge is 0.466 e. The zero-order valence-corrected chi connectivity index (χ0v) is 14.7. The molecule has 0 aliphatic carbocycles. The number of hydrogen-bond donors (Lipinski definition) is 1. The van der Waals surface area contributed by atoms with E-state index in [2.05, 4.69) is 19.8 Å². The van der Waals surface area contributed by atoms with Crippen LogP contribution in [0.1, 0.15) is 10.6 Å². The standard InChI is InChI=1S/C17H18N2O4S/c1-10-11(2)24-16(18-10)12-6-5-7-13(8-12)19-14(17(21)23-4)9-15(20)22-3/h5-9,19H,1-4H3/b14-9+. The Bertz CT molecular complexity index is 776. The molecule has 1 aromatic heterocycles. The number of nitrogens with one attached hydrogen (secondary N) is 1. The number of carbonyl (C=O) groups is 2. The number of carbonyl (C=O) groups excluding carboxylic acids is 2. The summed E-state index contributed by atoms with van der Waals surface area (Å²) < 4.78 is 9.23. The van der Waals surface area contributed by atoms with Crippen LogP contribution >= 0.6 is 11.3 Å². The van der Waals surface area contributed by atoms with Gasteiger partial charge >= 0.3 is 11.9 Å². The summed E-state index contributed by atoms with van der Waals surface area (Å²) >= 11 is 1.60. The predicted octanol–water partition coefficient (Wildman–Crippen LogP) is 3.07. The Labute approximate surface area is 144 Å². The highest BCUT2D eigenvalue weighted by atomic mass is 32.1. The van der Waals surface area contributed by atoms with E-state index in [4.69, 9.17) is 0 Å². The van der Waals surface area contributed by atoms with E-state index in [9.17, 15) is 9.59 Å². The van der Waals surface area contributed by atoms with Crippen LogP contribution in [0.25, 0.3) is 10.6 Å². The normalized spacial score (nSPS) is 11.1. The van der Waals surface area contributed by atoms with Gasteiger partial charge in [0.25, 0.3) is 0 Å². The third-order valence-corrected chi connectivity index (χ3v) is 4.41. The molecule has 7 heteroatoms. The van der Waals surface area contributed by atoms with Crippen LogP contribution in [0.15, 0.2) is 36.0 Å². The van der Waals surface area contributed by atoms with Crippen LogP contribution in [-0.4, -0.2) is 31.1 Å². The number of hydrogen-bond acceptors (Lipinski definition) is 7. The minimum absolute atomic E-state index is 0.00648. The van der Waals surface area contributed by atoms with E-state index in [0.29, 0.717) is 5.69 Å². The van der Waals surface area contributed by atoms with Crippen molar-refractivity contribution in [3.05, 3.63) is 46.6 Å². The molecule has 0 unspecified atom stereocenters. The number of esters is 2. The summed E-state index contributed by atoms with van der Waals surface area (Å²) in [5, 5.41) is 3.78. The SMILES string of the molecule is COC(=O)/C=C(/Nc1cccc(-c2nc(C)c(C)s2)c1)C(=O)OC. The van der Waals surface area contributed by atoms with Gasteiger partial charge in [-0.15, -0.1) is 11.3 Å².